The predicted molar refractivity (Wildman–Crippen MR) is 273 cm³/mol. The van der Waals surface area contributed by atoms with Crippen LogP contribution in [-0.2, 0) is 25.7 Å². The standard InChI is InChI=1S/C52H75N11O6/c1-7-37(2)63(43-18-8-9-19-43)50-48(61(5)36-66)32-57-52(59-50)58-46-26-21-39(31-49(46)68-6)45(53)34-62(54)42-24-22-41(23-25-42)56-27-14-30-69-29-11-10-15-38-16-12-17-40(35-65)44(38)33-60(4)47(20-13-28-64)51(67)55-3/h12,16-17,21,26,28,31-32,34-37,41-43,47,56H,7-9,11,13-14,18-20,22-25,27,29-30,33,53-54H2,1-6H3,(H,55,67)(H,57,58,59)/b45-34-/t37-,41?,42?,47?/m0/s1. The summed E-state index contributed by atoms with van der Waals surface area (Å²) in [5, 5.41) is 11.4. The maximum absolute atomic E-state index is 12.5. The minimum atomic E-state index is -0.510. The molecular formula is C52H75N11O6. The lowest BCUT2D eigenvalue weighted by Crippen LogP contribution is -2.43. The summed E-state index contributed by atoms with van der Waals surface area (Å²) in [4.78, 5) is 62.7. The molecule has 17 nitrogen and oxygen atoms in total. The second-order valence-electron chi connectivity index (χ2n) is 18.1. The molecule has 3 aromatic rings. The first kappa shape index (κ1) is 53.9. The number of hydrazine groups is 1. The van der Waals surface area contributed by atoms with Gasteiger partial charge < -0.3 is 50.8 Å². The van der Waals surface area contributed by atoms with Crippen molar-refractivity contribution in [3.63, 3.8) is 0 Å². The molecule has 0 saturated heterocycles. The number of amides is 2. The molecule has 2 saturated carbocycles. The van der Waals surface area contributed by atoms with Crippen molar-refractivity contribution in [1.29, 1.82) is 0 Å². The lowest BCUT2D eigenvalue weighted by atomic mass is 9.91. The Kier molecular flexibility index (Phi) is 21.7. The van der Waals surface area contributed by atoms with E-state index in [1.54, 1.807) is 50.7 Å². The molecule has 374 valence electrons. The molecule has 0 spiro atoms. The number of likely N-dealkylation sites (N-methyl/N-ethyl adjacent to an activating group) is 2. The van der Waals surface area contributed by atoms with Crippen molar-refractivity contribution in [3.8, 4) is 17.6 Å². The Morgan fingerprint density at radius 3 is 2.48 bits per heavy atom. The molecule has 0 radical (unpaired) electrons. The molecule has 2 aromatic carbocycles. The highest BCUT2D eigenvalue weighted by Crippen LogP contribution is 2.37. The molecule has 1 unspecified atom stereocenters. The van der Waals surface area contributed by atoms with Gasteiger partial charge in [-0.3, -0.25) is 19.3 Å². The molecule has 0 bridgehead atoms. The molecule has 2 aliphatic rings. The van der Waals surface area contributed by atoms with Gasteiger partial charge in [-0.05, 0) is 102 Å². The van der Waals surface area contributed by atoms with E-state index in [0.717, 1.165) is 99.4 Å². The van der Waals surface area contributed by atoms with Gasteiger partial charge in [-0.15, -0.1) is 0 Å². The lowest BCUT2D eigenvalue weighted by Gasteiger charge is -2.37. The summed E-state index contributed by atoms with van der Waals surface area (Å²) in [6.45, 7) is 6.67. The molecule has 2 atom stereocenters. The van der Waals surface area contributed by atoms with Crippen molar-refractivity contribution in [2.45, 2.75) is 134 Å². The van der Waals surface area contributed by atoms with Crippen LogP contribution >= 0.6 is 0 Å². The number of carbonyl (C=O) groups is 4. The van der Waals surface area contributed by atoms with Gasteiger partial charge in [-0.25, -0.2) is 10.8 Å². The van der Waals surface area contributed by atoms with Crippen LogP contribution in [0.25, 0.3) is 5.70 Å². The lowest BCUT2D eigenvalue weighted by molar-refractivity contribution is -0.126. The Balaban J connectivity index is 1.06. The third-order valence-electron chi connectivity index (χ3n) is 13.4. The molecule has 17 heteroatoms. The van der Waals surface area contributed by atoms with Crippen LogP contribution in [0.4, 0.5) is 23.1 Å². The van der Waals surface area contributed by atoms with Gasteiger partial charge in [0, 0.05) is 87.1 Å². The first-order chi connectivity index (χ1) is 33.5. The van der Waals surface area contributed by atoms with Crippen LogP contribution in [0.2, 0.25) is 0 Å². The first-order valence-electron chi connectivity index (χ1n) is 24.5. The monoisotopic (exact) mass is 950 g/mol. The fourth-order valence-electron chi connectivity index (χ4n) is 9.23. The zero-order valence-corrected chi connectivity index (χ0v) is 41.5. The highest BCUT2D eigenvalue weighted by molar-refractivity contribution is 5.83. The number of rotatable bonds is 27. The number of nitrogens with zero attached hydrogens (tertiary/aromatic N) is 6. The van der Waals surface area contributed by atoms with Crippen molar-refractivity contribution < 1.29 is 28.7 Å². The van der Waals surface area contributed by atoms with Gasteiger partial charge in [0.05, 0.1) is 37.3 Å². The molecule has 5 rings (SSSR count). The zero-order valence-electron chi connectivity index (χ0n) is 41.5. The number of hydrogen-bond acceptors (Lipinski definition) is 15. The molecule has 0 aliphatic heterocycles. The minimum absolute atomic E-state index is 0.159. The molecular weight excluding hydrogens is 875 g/mol. The van der Waals surface area contributed by atoms with E-state index in [1.165, 1.54) is 17.7 Å². The Hall–Kier alpha value is -6.06. The number of nitrogens with one attached hydrogen (secondary N) is 3. The van der Waals surface area contributed by atoms with Gasteiger partial charge in [-0.2, -0.15) is 4.98 Å². The van der Waals surface area contributed by atoms with Crippen molar-refractivity contribution in [1.82, 2.24) is 30.5 Å². The quantitative estimate of drug-likeness (QED) is 0.0198. The third-order valence-corrected chi connectivity index (χ3v) is 13.4. The summed E-state index contributed by atoms with van der Waals surface area (Å²) in [5.41, 5.74) is 11.3. The van der Waals surface area contributed by atoms with Gasteiger partial charge in [0.15, 0.2) is 5.82 Å². The minimum Gasteiger partial charge on any atom is -0.495 e. The maximum atomic E-state index is 12.5. The average molecular weight is 950 g/mol. The highest BCUT2D eigenvalue weighted by atomic mass is 16.5. The number of aromatic nitrogens is 2. The highest BCUT2D eigenvalue weighted by Gasteiger charge is 2.31. The smallest absolute Gasteiger partial charge is 0.237 e. The van der Waals surface area contributed by atoms with Crippen molar-refractivity contribution in [2.75, 3.05) is 63.1 Å². The first-order valence-corrected chi connectivity index (χ1v) is 24.5. The number of carbonyl (C=O) groups excluding carboxylic acids is 4. The molecule has 69 heavy (non-hydrogen) atoms. The van der Waals surface area contributed by atoms with Gasteiger partial charge in [-0.1, -0.05) is 49.8 Å². The second-order valence-corrected chi connectivity index (χ2v) is 18.1. The maximum Gasteiger partial charge on any atom is 0.237 e. The number of ether oxygens (including phenoxy) is 2. The topological polar surface area (TPSA) is 214 Å². The van der Waals surface area contributed by atoms with Crippen LogP contribution < -0.4 is 42.1 Å². The number of hydrogen-bond donors (Lipinski definition) is 5. The van der Waals surface area contributed by atoms with Crippen LogP contribution in [0, 0.1) is 11.8 Å². The van der Waals surface area contributed by atoms with Crippen molar-refractivity contribution in [2.24, 2.45) is 11.6 Å². The molecule has 2 aliphatic carbocycles. The van der Waals surface area contributed by atoms with Crippen molar-refractivity contribution >= 4 is 53.7 Å². The van der Waals surface area contributed by atoms with Gasteiger partial charge in [0.1, 0.15) is 24.0 Å². The van der Waals surface area contributed by atoms with E-state index in [-0.39, 0.29) is 24.4 Å². The molecule has 2 fully saturated rings. The number of aldehydes is 2. The van der Waals surface area contributed by atoms with E-state index in [1.807, 2.05) is 36.2 Å². The van der Waals surface area contributed by atoms with E-state index in [9.17, 15) is 19.2 Å². The van der Waals surface area contributed by atoms with Gasteiger partial charge in [0.2, 0.25) is 18.3 Å². The largest absolute Gasteiger partial charge is 0.495 e. The predicted octanol–water partition coefficient (Wildman–Crippen LogP) is 5.89. The Labute approximate surface area is 409 Å². The van der Waals surface area contributed by atoms with E-state index >= 15 is 0 Å². The Morgan fingerprint density at radius 2 is 1.80 bits per heavy atom. The summed E-state index contributed by atoms with van der Waals surface area (Å²) in [5.74, 6) is 14.5. The van der Waals surface area contributed by atoms with Gasteiger partial charge in [0.25, 0.3) is 0 Å². The summed E-state index contributed by atoms with van der Waals surface area (Å²) >= 11 is 0. The van der Waals surface area contributed by atoms with E-state index in [2.05, 4.69) is 51.5 Å². The number of benzene rings is 2. The Bertz CT molecular complexity index is 2230. The number of anilines is 4. The summed E-state index contributed by atoms with van der Waals surface area (Å²) in [6, 6.07) is 11.7. The summed E-state index contributed by atoms with van der Waals surface area (Å²) < 4.78 is 11.7. The van der Waals surface area contributed by atoms with Gasteiger partial charge >= 0.3 is 0 Å². The second kappa shape index (κ2) is 27.8. The summed E-state index contributed by atoms with van der Waals surface area (Å²) in [6.07, 6.45) is 17.3. The van der Waals surface area contributed by atoms with E-state index in [4.69, 9.17) is 26.0 Å². The van der Waals surface area contributed by atoms with Crippen LogP contribution in [0.3, 0.4) is 0 Å². The fourth-order valence-corrected chi connectivity index (χ4v) is 9.23. The molecule has 2 amide bonds. The van der Waals surface area contributed by atoms with Crippen molar-refractivity contribution in [3.05, 3.63) is 71.0 Å². The van der Waals surface area contributed by atoms with Crippen LogP contribution in [0.1, 0.15) is 124 Å². The molecule has 1 aromatic heterocycles. The normalized spacial score (nSPS) is 17.0. The Morgan fingerprint density at radius 1 is 1.03 bits per heavy atom. The molecule has 1 heterocycles. The van der Waals surface area contributed by atoms with Crippen LogP contribution in [0.15, 0.2) is 48.8 Å². The van der Waals surface area contributed by atoms with E-state index in [0.29, 0.717) is 79.0 Å². The zero-order chi connectivity index (χ0) is 49.7. The SMILES string of the molecule is CC[C@H](C)N(c1nc(Nc2ccc(/C(N)=C/N(N)C3CCC(NCCCOCCC#Cc4cccc(C=O)c4CN(C)C(CCC=O)C(=O)NC)CC3)cc2OC)ncc1N(C)C=O)C1CCCC1. The van der Waals surface area contributed by atoms with Crippen LogP contribution in [-0.4, -0.2) is 123 Å². The summed E-state index contributed by atoms with van der Waals surface area (Å²) in [7, 11) is 6.72. The third kappa shape index (κ3) is 15.2. The number of nitrogens with two attached hydrogens (primary N) is 2. The number of methoxy groups -OCH3 is 1. The average Bonchev–Trinajstić information content (AvgIpc) is 3.90. The molecule has 7 N–H and O–H groups in total. The van der Waals surface area contributed by atoms with Crippen LogP contribution in [0.5, 0.6) is 5.75 Å². The van der Waals surface area contributed by atoms with E-state index < -0.39 is 6.04 Å². The fraction of sp³-hybridized carbons (Fsp3) is 0.538.